The highest BCUT2D eigenvalue weighted by Gasteiger charge is 2.17. The minimum Gasteiger partial charge on any atom is -0.321 e. The largest absolute Gasteiger partial charge is 0.325 e. The van der Waals surface area contributed by atoms with Crippen molar-refractivity contribution in [2.45, 2.75) is 13.8 Å². The van der Waals surface area contributed by atoms with E-state index in [1.807, 2.05) is 0 Å². The minimum atomic E-state index is -0.493. The van der Waals surface area contributed by atoms with Crippen LogP contribution in [0.4, 0.5) is 21.3 Å². The molecule has 0 radical (unpaired) electrons. The summed E-state index contributed by atoms with van der Waals surface area (Å²) in [5, 5.41) is 8.80. The maximum Gasteiger partial charge on any atom is 0.325 e. The van der Waals surface area contributed by atoms with Crippen LogP contribution in [0.2, 0.25) is 5.02 Å². The monoisotopic (exact) mass is 428 g/mol. The molecular formula is C20H17ClN4O3S. The van der Waals surface area contributed by atoms with Crippen molar-refractivity contribution in [1.82, 2.24) is 4.98 Å². The minimum absolute atomic E-state index is 0.0482. The maximum atomic E-state index is 12.5. The van der Waals surface area contributed by atoms with Gasteiger partial charge in [0.1, 0.15) is 4.88 Å². The van der Waals surface area contributed by atoms with Gasteiger partial charge in [0.15, 0.2) is 10.9 Å². The van der Waals surface area contributed by atoms with E-state index in [1.54, 1.807) is 55.5 Å². The first-order valence-corrected chi connectivity index (χ1v) is 9.74. The third-order valence-electron chi connectivity index (χ3n) is 3.86. The van der Waals surface area contributed by atoms with Gasteiger partial charge in [0, 0.05) is 22.0 Å². The van der Waals surface area contributed by atoms with E-state index in [1.165, 1.54) is 6.92 Å². The number of benzene rings is 2. The van der Waals surface area contributed by atoms with Crippen molar-refractivity contribution >= 4 is 57.2 Å². The number of hydrogen-bond donors (Lipinski definition) is 3. The highest BCUT2D eigenvalue weighted by Crippen LogP contribution is 2.24. The Morgan fingerprint density at radius 1 is 0.966 bits per heavy atom. The number of carbonyl (C=O) groups is 3. The molecule has 1 heterocycles. The second-order valence-corrected chi connectivity index (χ2v) is 7.55. The molecule has 0 fully saturated rings. The summed E-state index contributed by atoms with van der Waals surface area (Å²) in [6.07, 6.45) is 0. The van der Waals surface area contributed by atoms with Gasteiger partial charge in [-0.25, -0.2) is 9.78 Å². The number of amides is 3. The van der Waals surface area contributed by atoms with Crippen LogP contribution in [0.1, 0.15) is 32.6 Å². The first-order valence-electron chi connectivity index (χ1n) is 8.55. The van der Waals surface area contributed by atoms with Crippen LogP contribution < -0.4 is 16.0 Å². The third-order valence-corrected chi connectivity index (χ3v) is 5.16. The van der Waals surface area contributed by atoms with Crippen LogP contribution in [-0.4, -0.2) is 22.7 Å². The molecule has 3 N–H and O–H groups in total. The van der Waals surface area contributed by atoms with Gasteiger partial charge in [-0.1, -0.05) is 29.0 Å². The summed E-state index contributed by atoms with van der Waals surface area (Å²) in [6, 6.07) is 12.8. The van der Waals surface area contributed by atoms with Crippen molar-refractivity contribution in [3.63, 3.8) is 0 Å². The summed E-state index contributed by atoms with van der Waals surface area (Å²) in [7, 11) is 0. The lowest BCUT2D eigenvalue weighted by molar-refractivity contribution is 0.101. The summed E-state index contributed by atoms with van der Waals surface area (Å²) in [6.45, 7) is 3.16. The summed E-state index contributed by atoms with van der Waals surface area (Å²) in [4.78, 5) is 40.6. The molecule has 0 saturated carbocycles. The lowest BCUT2D eigenvalue weighted by atomic mass is 10.1. The Morgan fingerprint density at radius 2 is 1.69 bits per heavy atom. The van der Waals surface area contributed by atoms with Crippen LogP contribution >= 0.6 is 22.9 Å². The first kappa shape index (κ1) is 20.5. The molecule has 0 spiro atoms. The third kappa shape index (κ3) is 5.40. The number of aryl methyl sites for hydroxylation is 1. The molecule has 0 aliphatic carbocycles. The Balaban J connectivity index is 1.65. The van der Waals surface area contributed by atoms with Gasteiger partial charge in [-0.3, -0.25) is 14.9 Å². The van der Waals surface area contributed by atoms with Crippen molar-refractivity contribution < 1.29 is 14.4 Å². The van der Waals surface area contributed by atoms with Crippen molar-refractivity contribution in [2.75, 3.05) is 16.0 Å². The quantitative estimate of drug-likeness (QED) is 0.486. The number of Topliss-reactive ketones (excluding diaryl/α,β-unsaturated/α-hetero) is 1. The number of rotatable bonds is 5. The smallest absolute Gasteiger partial charge is 0.321 e. The van der Waals surface area contributed by atoms with Crippen molar-refractivity contribution in [3.8, 4) is 0 Å². The fourth-order valence-corrected chi connectivity index (χ4v) is 3.51. The number of ketones is 1. The summed E-state index contributed by atoms with van der Waals surface area (Å²) in [5.74, 6) is -0.396. The van der Waals surface area contributed by atoms with E-state index in [-0.39, 0.29) is 11.7 Å². The van der Waals surface area contributed by atoms with E-state index < -0.39 is 6.03 Å². The zero-order valence-corrected chi connectivity index (χ0v) is 17.1. The van der Waals surface area contributed by atoms with E-state index in [0.717, 1.165) is 11.3 Å². The molecule has 0 unspecified atom stereocenters. The lowest BCUT2D eigenvalue weighted by Crippen LogP contribution is -2.19. The second-order valence-electron chi connectivity index (χ2n) is 6.11. The van der Waals surface area contributed by atoms with Crippen molar-refractivity contribution in [3.05, 3.63) is 69.7 Å². The van der Waals surface area contributed by atoms with Crippen molar-refractivity contribution in [2.24, 2.45) is 0 Å². The van der Waals surface area contributed by atoms with E-state index in [0.29, 0.717) is 37.7 Å². The Labute approximate surface area is 176 Å². The first-order chi connectivity index (χ1) is 13.8. The van der Waals surface area contributed by atoms with Gasteiger partial charge in [0.2, 0.25) is 0 Å². The van der Waals surface area contributed by atoms with Crippen LogP contribution in [-0.2, 0) is 0 Å². The van der Waals surface area contributed by atoms with Crippen LogP contribution in [0.25, 0.3) is 0 Å². The Hall–Kier alpha value is -3.23. The van der Waals surface area contributed by atoms with Gasteiger partial charge in [-0.15, -0.1) is 0 Å². The van der Waals surface area contributed by atoms with Gasteiger partial charge in [0.25, 0.3) is 5.91 Å². The average Bonchev–Trinajstić information content (AvgIpc) is 3.02. The topological polar surface area (TPSA) is 100 Å². The molecule has 3 amide bonds. The number of halogens is 1. The van der Waals surface area contributed by atoms with Crippen LogP contribution in [0.15, 0.2) is 48.5 Å². The normalized spacial score (nSPS) is 10.3. The van der Waals surface area contributed by atoms with E-state index in [9.17, 15) is 14.4 Å². The molecule has 0 saturated heterocycles. The number of anilines is 3. The molecular weight excluding hydrogens is 412 g/mol. The molecule has 0 aliphatic heterocycles. The second kappa shape index (κ2) is 8.85. The summed E-state index contributed by atoms with van der Waals surface area (Å²) < 4.78 is 0. The predicted molar refractivity (Wildman–Crippen MR) is 115 cm³/mol. The van der Waals surface area contributed by atoms with E-state index in [2.05, 4.69) is 20.9 Å². The highest BCUT2D eigenvalue weighted by atomic mass is 35.5. The number of thiazole rings is 1. The number of carbonyl (C=O) groups excluding carboxylic acids is 3. The van der Waals surface area contributed by atoms with Gasteiger partial charge < -0.3 is 10.6 Å². The molecule has 1 aromatic heterocycles. The molecule has 0 bridgehead atoms. The standard InChI is InChI=1S/C20H17ClN4O3S/c1-11-17(18(27)23-15-8-6-13(7-9-15)12(2)26)29-20(22-11)25-19(28)24-16-5-3-4-14(21)10-16/h3-10H,1-2H3,(H,23,27)(H2,22,24,25,28). The number of nitrogens with zero attached hydrogens (tertiary/aromatic N) is 1. The molecule has 3 rings (SSSR count). The van der Waals surface area contributed by atoms with Gasteiger partial charge >= 0.3 is 6.03 Å². The maximum absolute atomic E-state index is 12.5. The SMILES string of the molecule is CC(=O)c1ccc(NC(=O)c2sc(NC(=O)Nc3cccc(Cl)c3)nc2C)cc1. The van der Waals surface area contributed by atoms with Crippen LogP contribution in [0, 0.1) is 6.92 Å². The molecule has 0 aliphatic rings. The summed E-state index contributed by atoms with van der Waals surface area (Å²) in [5.41, 5.74) is 2.15. The van der Waals surface area contributed by atoms with Gasteiger partial charge in [-0.05, 0) is 56.3 Å². The van der Waals surface area contributed by atoms with E-state index in [4.69, 9.17) is 11.6 Å². The molecule has 9 heteroatoms. The average molecular weight is 429 g/mol. The fraction of sp³-hybridized carbons (Fsp3) is 0.100. The molecule has 2 aromatic carbocycles. The Kier molecular flexibility index (Phi) is 6.26. The molecule has 0 atom stereocenters. The zero-order chi connectivity index (χ0) is 21.0. The van der Waals surface area contributed by atoms with E-state index >= 15 is 0 Å². The number of aromatic nitrogens is 1. The Morgan fingerprint density at radius 3 is 2.34 bits per heavy atom. The Bertz CT molecular complexity index is 1080. The summed E-state index contributed by atoms with van der Waals surface area (Å²) >= 11 is 6.96. The van der Waals surface area contributed by atoms with Crippen LogP contribution in [0.5, 0.6) is 0 Å². The zero-order valence-electron chi connectivity index (χ0n) is 15.6. The number of hydrogen-bond acceptors (Lipinski definition) is 5. The van der Waals surface area contributed by atoms with Gasteiger partial charge in [0.05, 0.1) is 5.69 Å². The lowest BCUT2D eigenvalue weighted by Gasteiger charge is -2.05. The molecule has 7 nitrogen and oxygen atoms in total. The van der Waals surface area contributed by atoms with Crippen LogP contribution in [0.3, 0.4) is 0 Å². The number of nitrogens with one attached hydrogen (secondary N) is 3. The molecule has 3 aromatic rings. The highest BCUT2D eigenvalue weighted by molar-refractivity contribution is 7.17. The predicted octanol–water partition coefficient (Wildman–Crippen LogP) is 5.20. The molecule has 29 heavy (non-hydrogen) atoms. The fourth-order valence-electron chi connectivity index (χ4n) is 2.46. The number of urea groups is 1. The molecule has 148 valence electrons. The van der Waals surface area contributed by atoms with Crippen molar-refractivity contribution in [1.29, 1.82) is 0 Å². The van der Waals surface area contributed by atoms with Gasteiger partial charge in [-0.2, -0.15) is 0 Å².